The molecule has 2 amide bonds. The van der Waals surface area contributed by atoms with Gasteiger partial charge in [0.2, 0.25) is 12.0 Å². The lowest BCUT2D eigenvalue weighted by Gasteiger charge is -2.42. The lowest BCUT2D eigenvalue weighted by Crippen LogP contribution is -2.55. The van der Waals surface area contributed by atoms with Crippen LogP contribution >= 0.6 is 34.8 Å². The molecule has 0 saturated carbocycles. The van der Waals surface area contributed by atoms with Crippen LogP contribution in [0.1, 0.15) is 58.9 Å². The molecule has 0 bridgehead atoms. The molecule has 4 atom stereocenters. The summed E-state index contributed by atoms with van der Waals surface area (Å²) in [5.41, 5.74) is 8.06. The van der Waals surface area contributed by atoms with Crippen molar-refractivity contribution >= 4 is 58.3 Å². The zero-order chi connectivity index (χ0) is 44.2. The lowest BCUT2D eigenvalue weighted by molar-refractivity contribution is -0.146. The van der Waals surface area contributed by atoms with E-state index in [1.54, 1.807) is 24.1 Å². The molecule has 6 aromatic carbocycles. The van der Waals surface area contributed by atoms with Gasteiger partial charge in [0, 0.05) is 36.6 Å². The normalized spacial score (nSPS) is 16.9. The Morgan fingerprint density at radius 3 is 2.16 bits per heavy atom. The van der Waals surface area contributed by atoms with Crippen molar-refractivity contribution in [1.29, 1.82) is 0 Å². The molecule has 2 aliphatic heterocycles. The summed E-state index contributed by atoms with van der Waals surface area (Å²) >= 11 is 18.3. The Labute approximate surface area is 382 Å². The Morgan fingerprint density at radius 2 is 1.49 bits per heavy atom. The molecule has 0 fully saturated rings. The number of esters is 1. The van der Waals surface area contributed by atoms with E-state index in [1.165, 1.54) is 7.11 Å². The van der Waals surface area contributed by atoms with E-state index >= 15 is 0 Å². The first-order chi connectivity index (χ1) is 30.5. The number of methoxy groups -OCH3 is 1. The minimum absolute atomic E-state index is 0.113. The molecule has 1 N–H and O–H groups in total. The van der Waals surface area contributed by atoms with Crippen molar-refractivity contribution in [3.63, 3.8) is 0 Å². The molecule has 9 nitrogen and oxygen atoms in total. The van der Waals surface area contributed by atoms with Crippen molar-refractivity contribution in [3.8, 4) is 22.6 Å². The van der Waals surface area contributed by atoms with Crippen LogP contribution in [0.15, 0.2) is 133 Å². The van der Waals surface area contributed by atoms with Gasteiger partial charge in [-0.15, -0.1) is 0 Å². The molecule has 63 heavy (non-hydrogen) atoms. The number of carbonyl (C=O) groups is 3. The molecule has 0 aliphatic carbocycles. The van der Waals surface area contributed by atoms with Crippen LogP contribution in [-0.2, 0) is 45.1 Å². The fourth-order valence-electron chi connectivity index (χ4n) is 8.42. The van der Waals surface area contributed by atoms with E-state index in [1.807, 2.05) is 109 Å². The van der Waals surface area contributed by atoms with Crippen LogP contribution in [0.2, 0.25) is 15.1 Å². The van der Waals surface area contributed by atoms with Gasteiger partial charge in [0.25, 0.3) is 5.91 Å². The quantitative estimate of drug-likeness (QED) is 0.115. The highest BCUT2D eigenvalue weighted by atomic mass is 35.5. The molecule has 1 unspecified atom stereocenters. The van der Waals surface area contributed by atoms with Crippen molar-refractivity contribution in [3.05, 3.63) is 182 Å². The number of likely N-dealkylation sites (N-methyl/N-ethyl adjacent to an activating group) is 1. The van der Waals surface area contributed by atoms with Crippen molar-refractivity contribution in [2.75, 3.05) is 19.1 Å². The van der Waals surface area contributed by atoms with Gasteiger partial charge in [0.05, 0.1) is 28.9 Å². The summed E-state index contributed by atoms with van der Waals surface area (Å²) < 4.78 is 17.7. The average molecular weight is 903 g/mol. The summed E-state index contributed by atoms with van der Waals surface area (Å²) in [6.07, 6.45) is 0.444. The molecule has 8 rings (SSSR count). The number of nitrogens with zero attached hydrogens (tertiary/aromatic N) is 2. The predicted octanol–water partition coefficient (Wildman–Crippen LogP) is 10.8. The molecule has 0 radical (unpaired) electrons. The molecule has 6 aromatic rings. The van der Waals surface area contributed by atoms with Gasteiger partial charge >= 0.3 is 5.97 Å². The van der Waals surface area contributed by atoms with Crippen LogP contribution in [0.4, 0.5) is 5.69 Å². The van der Waals surface area contributed by atoms with E-state index in [2.05, 4.69) is 29.3 Å². The van der Waals surface area contributed by atoms with Crippen molar-refractivity contribution < 1.29 is 28.6 Å². The number of anilines is 1. The number of benzene rings is 6. The fraction of sp³-hybridized carbons (Fsp3) is 0.235. The summed E-state index contributed by atoms with van der Waals surface area (Å²) in [6, 6.07) is 40.5. The first kappa shape index (κ1) is 43.8. The molecule has 12 heteroatoms. The van der Waals surface area contributed by atoms with Gasteiger partial charge in [0.1, 0.15) is 24.1 Å². The maximum atomic E-state index is 14.6. The summed E-state index contributed by atoms with van der Waals surface area (Å²) in [7, 11) is 3.07. The summed E-state index contributed by atoms with van der Waals surface area (Å²) in [6.45, 7) is 2.84. The Morgan fingerprint density at radius 1 is 0.810 bits per heavy atom. The zero-order valence-electron chi connectivity index (χ0n) is 35.0. The lowest BCUT2D eigenvalue weighted by atomic mass is 9.88. The molecule has 0 spiro atoms. The highest BCUT2D eigenvalue weighted by Crippen LogP contribution is 2.43. The largest absolute Gasteiger partial charge is 0.489 e. The standard InChI is InChI=1S/C51H46Cl3N3O6/c1-4-44(35-8-6-5-7-9-35)57-29-38-28-47-45(56(2)50(59)48(63-47)36-17-21-40(22-18-36)62-30-32-12-23-41(53)42(54)24-32)26-37(38)27-46(57)49(58)55-43(51(60)61-3)25-31-10-13-33(14-11-31)34-15-19-39(52)20-16-34/h5-24,26,28,43-44,46,48H,4,25,27,29-30H2,1-3H3,(H,55,58)/t43?,44-,46-,48-/m0/s1. The number of hydrogen-bond donors (Lipinski definition) is 1. The average Bonchev–Trinajstić information content (AvgIpc) is 3.30. The molecule has 2 heterocycles. The topological polar surface area (TPSA) is 97.4 Å². The Hall–Kier alpha value is -5.84. The van der Waals surface area contributed by atoms with Gasteiger partial charge in [-0.25, -0.2) is 4.79 Å². The van der Waals surface area contributed by atoms with Gasteiger partial charge in [-0.3, -0.25) is 14.5 Å². The minimum Gasteiger partial charge on any atom is -0.489 e. The van der Waals surface area contributed by atoms with Gasteiger partial charge in [0.15, 0.2) is 0 Å². The Balaban J connectivity index is 1.03. The SMILES string of the molecule is CC[C@@H](c1ccccc1)N1Cc2cc3c(cc2C[C@H]1C(=O)NC(Cc1ccc(-c2ccc(Cl)cc2)cc1)C(=O)OC)N(C)C(=O)[C@H](c1ccc(OCc2ccc(Cl)c(Cl)c2)cc1)O3. The first-order valence-corrected chi connectivity index (χ1v) is 21.9. The van der Waals surface area contributed by atoms with Gasteiger partial charge in [-0.2, -0.15) is 0 Å². The van der Waals surface area contributed by atoms with Crippen molar-refractivity contribution in [2.24, 2.45) is 0 Å². The second-order valence-electron chi connectivity index (χ2n) is 15.8. The first-order valence-electron chi connectivity index (χ1n) is 20.8. The second-order valence-corrected chi connectivity index (χ2v) is 17.1. The van der Waals surface area contributed by atoms with Gasteiger partial charge in [-0.05, 0) is 100 Å². The monoisotopic (exact) mass is 901 g/mol. The van der Waals surface area contributed by atoms with E-state index in [0.29, 0.717) is 57.4 Å². The Bertz CT molecular complexity index is 2610. The molecular weight excluding hydrogens is 857 g/mol. The maximum absolute atomic E-state index is 14.6. The smallest absolute Gasteiger partial charge is 0.328 e. The highest BCUT2D eigenvalue weighted by Gasteiger charge is 2.40. The zero-order valence-corrected chi connectivity index (χ0v) is 37.3. The third kappa shape index (κ3) is 9.72. The molecular formula is C51H46Cl3N3O6. The van der Waals surface area contributed by atoms with Crippen LogP contribution in [0.3, 0.4) is 0 Å². The van der Waals surface area contributed by atoms with E-state index in [0.717, 1.165) is 45.4 Å². The number of fused-ring (bicyclic) bond motifs is 2. The number of rotatable bonds is 13. The van der Waals surface area contributed by atoms with E-state index in [9.17, 15) is 14.4 Å². The second kappa shape index (κ2) is 19.3. The van der Waals surface area contributed by atoms with E-state index in [4.69, 9.17) is 49.0 Å². The molecule has 0 saturated heterocycles. The van der Waals surface area contributed by atoms with E-state index in [-0.39, 0.29) is 24.3 Å². The van der Waals surface area contributed by atoms with Crippen molar-refractivity contribution in [2.45, 2.75) is 63.6 Å². The summed E-state index contributed by atoms with van der Waals surface area (Å²) in [4.78, 5) is 45.7. The van der Waals surface area contributed by atoms with Crippen LogP contribution < -0.4 is 19.7 Å². The van der Waals surface area contributed by atoms with Crippen LogP contribution in [0, 0.1) is 0 Å². The van der Waals surface area contributed by atoms with Crippen LogP contribution in [0.25, 0.3) is 11.1 Å². The molecule has 0 aromatic heterocycles. The van der Waals surface area contributed by atoms with Gasteiger partial charge < -0.3 is 24.4 Å². The van der Waals surface area contributed by atoms with E-state index < -0.39 is 24.2 Å². The third-order valence-corrected chi connectivity index (χ3v) is 12.8. The maximum Gasteiger partial charge on any atom is 0.328 e. The number of amides is 2. The predicted molar refractivity (Wildman–Crippen MR) is 248 cm³/mol. The highest BCUT2D eigenvalue weighted by molar-refractivity contribution is 6.42. The fourth-order valence-corrected chi connectivity index (χ4v) is 8.87. The summed E-state index contributed by atoms with van der Waals surface area (Å²) in [5, 5.41) is 4.68. The molecule has 2 aliphatic rings. The number of halogens is 3. The number of hydrogen-bond acceptors (Lipinski definition) is 7. The van der Waals surface area contributed by atoms with Crippen LogP contribution in [0.5, 0.6) is 11.5 Å². The van der Waals surface area contributed by atoms with Crippen molar-refractivity contribution in [1.82, 2.24) is 10.2 Å². The van der Waals surface area contributed by atoms with Crippen LogP contribution in [-0.4, -0.2) is 48.9 Å². The minimum atomic E-state index is -0.926. The third-order valence-electron chi connectivity index (χ3n) is 11.8. The number of ether oxygens (including phenoxy) is 3. The van der Waals surface area contributed by atoms with Gasteiger partial charge in [-0.1, -0.05) is 127 Å². The molecule has 322 valence electrons. The number of nitrogens with one attached hydrogen (secondary N) is 1. The number of carbonyl (C=O) groups excluding carboxylic acids is 3. The Kier molecular flexibility index (Phi) is 13.4. The summed E-state index contributed by atoms with van der Waals surface area (Å²) in [5.74, 6) is 0.154.